The summed E-state index contributed by atoms with van der Waals surface area (Å²) in [5.74, 6) is 0.547. The maximum absolute atomic E-state index is 11.7. The number of hydrogen-bond donors (Lipinski definition) is 1. The van der Waals surface area contributed by atoms with Gasteiger partial charge in [0.2, 0.25) is 0 Å². The van der Waals surface area contributed by atoms with Gasteiger partial charge in [-0.05, 0) is 55.4 Å². The van der Waals surface area contributed by atoms with Crippen molar-refractivity contribution in [2.24, 2.45) is 11.8 Å². The maximum Gasteiger partial charge on any atom is 0.162 e. The number of aliphatic hydroxyl groups is 1. The Kier molecular flexibility index (Phi) is 12.8. The van der Waals surface area contributed by atoms with E-state index in [4.69, 9.17) is 4.98 Å². The van der Waals surface area contributed by atoms with Crippen molar-refractivity contribution < 1.29 is 30.0 Å². The predicted octanol–water partition coefficient (Wildman–Crippen LogP) is 12.0. The third-order valence-electron chi connectivity index (χ3n) is 9.52. The summed E-state index contributed by atoms with van der Waals surface area (Å²) >= 11 is 0. The summed E-state index contributed by atoms with van der Waals surface area (Å²) in [6.45, 7) is 14.9. The van der Waals surface area contributed by atoms with Crippen LogP contribution in [0, 0.1) is 17.9 Å². The van der Waals surface area contributed by atoms with Crippen LogP contribution < -0.4 is 0 Å². The van der Waals surface area contributed by atoms with E-state index in [1.165, 1.54) is 38.8 Å². The molecule has 6 aromatic rings. The SMILES string of the molecule is CC(C)(C)c1cc(-c2cc(-n3c4ccccc4c4ccccc43)ccn2)[c-]c2ccccc12.CCC(CC)C(=O)/C=C(\O)C(CC)CC.[Ir]. The number of fused-ring (bicyclic) bond motifs is 4. The van der Waals surface area contributed by atoms with E-state index in [-0.39, 0.29) is 48.9 Å². The van der Waals surface area contributed by atoms with Gasteiger partial charge in [-0.25, -0.2) is 0 Å². The van der Waals surface area contributed by atoms with Gasteiger partial charge >= 0.3 is 0 Å². The Morgan fingerprint density at radius 2 is 1.31 bits per heavy atom. The molecule has 2 aromatic heterocycles. The van der Waals surface area contributed by atoms with Gasteiger partial charge in [0.05, 0.1) is 16.8 Å². The van der Waals surface area contributed by atoms with Crippen LogP contribution in [-0.4, -0.2) is 20.4 Å². The number of carbonyl (C=O) groups excluding carboxylic acids is 1. The number of allylic oxidation sites excluding steroid dienone is 2. The standard InChI is InChI=1S/C31H25N2.C13H24O2.Ir/c1-31(2,3)27-19-22(18-21-10-4-5-11-24(21)27)28-20-23(16-17-32-28)33-29-14-8-6-12-25(29)26-13-7-9-15-30(26)33;1-5-10(6-2)12(14)9-13(15)11(7-3)8-4;/h4-17,19-20H,1-3H3;9-11,14H,5-8H2,1-4H3;/q-1;;/b;12-9-;. The van der Waals surface area contributed by atoms with E-state index in [1.807, 2.05) is 33.9 Å². The molecule has 0 fully saturated rings. The normalized spacial score (nSPS) is 12.0. The van der Waals surface area contributed by atoms with E-state index >= 15 is 0 Å². The monoisotopic (exact) mass is 830 g/mol. The van der Waals surface area contributed by atoms with Crippen molar-refractivity contribution >= 4 is 38.4 Å². The number of para-hydroxylation sites is 2. The molecule has 4 nitrogen and oxygen atoms in total. The Balaban J connectivity index is 0.000000290. The molecule has 1 radical (unpaired) electrons. The number of rotatable bonds is 9. The zero-order valence-electron chi connectivity index (χ0n) is 29.9. The van der Waals surface area contributed by atoms with Crippen molar-refractivity contribution in [1.29, 1.82) is 0 Å². The smallest absolute Gasteiger partial charge is 0.162 e. The molecule has 0 bridgehead atoms. The Bertz CT molecular complexity index is 2010. The molecule has 6 rings (SSSR count). The van der Waals surface area contributed by atoms with Crippen molar-refractivity contribution in [3.63, 3.8) is 0 Å². The minimum atomic E-state index is 0. The summed E-state index contributed by atoms with van der Waals surface area (Å²) in [4.78, 5) is 16.5. The van der Waals surface area contributed by atoms with Crippen LogP contribution in [0.1, 0.15) is 79.7 Å². The van der Waals surface area contributed by atoms with Crippen LogP contribution in [0.5, 0.6) is 0 Å². The molecule has 0 unspecified atom stereocenters. The van der Waals surface area contributed by atoms with Gasteiger partial charge in [0, 0.05) is 66.4 Å². The fraction of sp³-hybridized carbons (Fsp3) is 0.318. The molecular formula is C44H49IrN2O2-. The van der Waals surface area contributed by atoms with Gasteiger partial charge in [0.15, 0.2) is 5.78 Å². The molecule has 49 heavy (non-hydrogen) atoms. The largest absolute Gasteiger partial charge is 0.512 e. The number of aliphatic hydroxyl groups excluding tert-OH is 1. The van der Waals surface area contributed by atoms with Crippen LogP contribution in [-0.2, 0) is 30.3 Å². The van der Waals surface area contributed by atoms with E-state index in [2.05, 4.69) is 122 Å². The van der Waals surface area contributed by atoms with E-state index < -0.39 is 0 Å². The molecule has 0 aliphatic rings. The van der Waals surface area contributed by atoms with E-state index in [0.717, 1.165) is 48.0 Å². The van der Waals surface area contributed by atoms with Gasteiger partial charge in [-0.3, -0.25) is 9.78 Å². The van der Waals surface area contributed by atoms with Crippen LogP contribution in [0.3, 0.4) is 0 Å². The van der Waals surface area contributed by atoms with Gasteiger partial charge in [0.1, 0.15) is 0 Å². The molecule has 0 saturated carbocycles. The number of benzene rings is 4. The second-order valence-electron chi connectivity index (χ2n) is 13.7. The zero-order valence-corrected chi connectivity index (χ0v) is 32.3. The average molecular weight is 830 g/mol. The molecule has 1 N–H and O–H groups in total. The van der Waals surface area contributed by atoms with Crippen LogP contribution in [0.25, 0.3) is 49.5 Å². The fourth-order valence-corrected chi connectivity index (χ4v) is 6.67. The molecule has 0 aliphatic heterocycles. The topological polar surface area (TPSA) is 55.1 Å². The molecular weight excluding hydrogens is 781 g/mol. The van der Waals surface area contributed by atoms with Crippen molar-refractivity contribution in [3.8, 4) is 16.9 Å². The molecule has 0 spiro atoms. The average Bonchev–Trinajstić information content (AvgIpc) is 3.43. The molecule has 0 amide bonds. The first-order valence-corrected chi connectivity index (χ1v) is 17.5. The first-order valence-electron chi connectivity index (χ1n) is 17.5. The van der Waals surface area contributed by atoms with Crippen molar-refractivity contribution in [2.45, 2.75) is 79.6 Å². The summed E-state index contributed by atoms with van der Waals surface area (Å²) in [6.07, 6.45) is 6.82. The minimum Gasteiger partial charge on any atom is -0.512 e. The van der Waals surface area contributed by atoms with Crippen LogP contribution in [0.15, 0.2) is 109 Å². The van der Waals surface area contributed by atoms with Crippen LogP contribution in [0.4, 0.5) is 0 Å². The first-order chi connectivity index (χ1) is 23.1. The van der Waals surface area contributed by atoms with E-state index in [9.17, 15) is 9.90 Å². The molecule has 5 heteroatoms. The van der Waals surface area contributed by atoms with Crippen molar-refractivity contribution in [2.75, 3.05) is 0 Å². The summed E-state index contributed by atoms with van der Waals surface area (Å²) in [6, 6.07) is 35.9. The number of nitrogens with zero attached hydrogens (tertiary/aromatic N) is 2. The van der Waals surface area contributed by atoms with Gasteiger partial charge in [-0.15, -0.1) is 29.1 Å². The number of hydrogen-bond acceptors (Lipinski definition) is 3. The number of aromatic nitrogens is 2. The van der Waals surface area contributed by atoms with Gasteiger partial charge in [0.25, 0.3) is 0 Å². The number of carbonyl (C=O) groups is 1. The summed E-state index contributed by atoms with van der Waals surface area (Å²) in [5, 5.41) is 14.7. The molecule has 257 valence electrons. The Morgan fingerprint density at radius 3 is 1.86 bits per heavy atom. The van der Waals surface area contributed by atoms with Gasteiger partial charge in [-0.1, -0.05) is 114 Å². The second kappa shape index (κ2) is 16.6. The molecule has 0 saturated heterocycles. The third kappa shape index (κ3) is 8.23. The summed E-state index contributed by atoms with van der Waals surface area (Å²) in [7, 11) is 0. The quantitative estimate of drug-likeness (QED) is 0.0897. The molecule has 0 atom stereocenters. The third-order valence-corrected chi connectivity index (χ3v) is 9.52. The Hall–Kier alpha value is -4.05. The number of ketones is 1. The Labute approximate surface area is 305 Å². The first kappa shape index (κ1) is 37.8. The van der Waals surface area contributed by atoms with E-state index in [1.54, 1.807) is 0 Å². The summed E-state index contributed by atoms with van der Waals surface area (Å²) in [5.41, 5.74) is 6.81. The Morgan fingerprint density at radius 1 is 0.776 bits per heavy atom. The van der Waals surface area contributed by atoms with Crippen molar-refractivity contribution in [3.05, 3.63) is 121 Å². The van der Waals surface area contributed by atoms with Crippen LogP contribution >= 0.6 is 0 Å². The molecule has 2 heterocycles. The van der Waals surface area contributed by atoms with Crippen LogP contribution in [0.2, 0.25) is 0 Å². The fourth-order valence-electron chi connectivity index (χ4n) is 6.67. The van der Waals surface area contributed by atoms with Gasteiger partial charge in [-0.2, -0.15) is 0 Å². The predicted molar refractivity (Wildman–Crippen MR) is 203 cm³/mol. The molecule has 4 aromatic carbocycles. The number of pyridine rings is 1. The minimum absolute atomic E-state index is 0. The van der Waals surface area contributed by atoms with E-state index in [0.29, 0.717) is 0 Å². The zero-order chi connectivity index (χ0) is 34.4. The van der Waals surface area contributed by atoms with Gasteiger partial charge < -0.3 is 9.67 Å². The molecule has 0 aliphatic carbocycles. The second-order valence-corrected chi connectivity index (χ2v) is 13.7. The van der Waals surface area contributed by atoms with Crippen molar-refractivity contribution in [1.82, 2.24) is 9.55 Å². The maximum atomic E-state index is 11.7. The summed E-state index contributed by atoms with van der Waals surface area (Å²) < 4.78 is 2.33.